The molecule has 90 valence electrons. The number of nitrogens with zero attached hydrogens (tertiary/aromatic N) is 1. The van der Waals surface area contributed by atoms with Crippen molar-refractivity contribution in [2.45, 2.75) is 40.5 Å². The minimum Gasteiger partial charge on any atom is -0.304 e. The van der Waals surface area contributed by atoms with E-state index in [1.807, 2.05) is 14.1 Å². The average molecular weight is 215 g/mol. The Kier molecular flexibility index (Phi) is 5.46. The second kappa shape index (κ2) is 5.61. The van der Waals surface area contributed by atoms with Crippen molar-refractivity contribution in [3.05, 3.63) is 0 Å². The van der Waals surface area contributed by atoms with E-state index in [-0.39, 0.29) is 10.8 Å². The Morgan fingerprint density at radius 3 is 2.07 bits per heavy atom. The van der Waals surface area contributed by atoms with Gasteiger partial charge in [0.25, 0.3) is 0 Å². The maximum Gasteiger partial charge on any atom is 0.139 e. The fourth-order valence-electron chi connectivity index (χ4n) is 1.49. The quantitative estimate of drug-likeness (QED) is 0.433. The monoisotopic (exact) mass is 215 g/mol. The highest BCUT2D eigenvalue weighted by molar-refractivity contribution is 5.50. The molecule has 0 aromatic heterocycles. The van der Waals surface area contributed by atoms with E-state index in [4.69, 9.17) is 10.7 Å². The summed E-state index contributed by atoms with van der Waals surface area (Å²) in [5.41, 5.74) is 0.320. The van der Waals surface area contributed by atoms with Crippen molar-refractivity contribution in [3.63, 3.8) is 0 Å². The molecule has 3 nitrogen and oxygen atoms in total. The van der Waals surface area contributed by atoms with Gasteiger partial charge in [-0.3, -0.25) is 0 Å². The van der Waals surface area contributed by atoms with Gasteiger partial charge < -0.3 is 4.84 Å². The van der Waals surface area contributed by atoms with Crippen LogP contribution in [0.3, 0.4) is 0 Å². The third kappa shape index (κ3) is 4.76. The van der Waals surface area contributed by atoms with Gasteiger partial charge in [-0.1, -0.05) is 27.7 Å². The van der Waals surface area contributed by atoms with Crippen molar-refractivity contribution in [2.75, 3.05) is 20.7 Å². The van der Waals surface area contributed by atoms with Crippen molar-refractivity contribution in [2.24, 2.45) is 16.7 Å². The largest absolute Gasteiger partial charge is 0.304 e. The summed E-state index contributed by atoms with van der Waals surface area (Å²) >= 11 is 0. The van der Waals surface area contributed by atoms with Crippen LogP contribution in [-0.4, -0.2) is 31.5 Å². The summed E-state index contributed by atoms with van der Waals surface area (Å²) in [5.74, 6) is 5.22. The van der Waals surface area contributed by atoms with Gasteiger partial charge in [0.1, 0.15) is 20.3 Å². The molecule has 1 unspecified atom stereocenters. The van der Waals surface area contributed by atoms with Crippen LogP contribution in [-0.2, 0) is 4.84 Å². The lowest BCUT2D eigenvalue weighted by molar-refractivity contribution is -0.460. The molecule has 1 atom stereocenters. The summed E-state index contributed by atoms with van der Waals surface area (Å²) in [5, 5.41) is 0. The molecule has 0 aliphatic rings. The summed E-state index contributed by atoms with van der Waals surface area (Å²) in [4.78, 5) is 4.86. The number of rotatable bonds is 5. The van der Waals surface area contributed by atoms with Crippen molar-refractivity contribution < 1.29 is 9.41 Å². The van der Waals surface area contributed by atoms with E-state index in [1.54, 1.807) is 0 Å². The molecule has 0 heterocycles. The molecule has 0 radical (unpaired) electrons. The molecule has 0 amide bonds. The van der Waals surface area contributed by atoms with Crippen molar-refractivity contribution >= 4 is 6.21 Å². The summed E-state index contributed by atoms with van der Waals surface area (Å²) in [6.07, 6.45) is 4.34. The molecule has 0 fully saturated rings. The van der Waals surface area contributed by atoms with E-state index in [0.717, 1.165) is 12.8 Å². The van der Waals surface area contributed by atoms with E-state index in [9.17, 15) is 0 Å². The summed E-state index contributed by atoms with van der Waals surface area (Å²) < 4.78 is 2.09. The molecule has 0 aromatic carbocycles. The standard InChI is InChI=1S/C12H27N2O/c1-11(2,3)12(4,10-15-13)8-7-9-14(5)6/h9H,7-8,10,13H2,1-6H3/q+1. The lowest BCUT2D eigenvalue weighted by atomic mass is 9.66. The number of hydrogen-bond acceptors (Lipinski definition) is 2. The lowest BCUT2D eigenvalue weighted by Crippen LogP contribution is -2.38. The van der Waals surface area contributed by atoms with Crippen LogP contribution in [0, 0.1) is 10.8 Å². The molecule has 2 N–H and O–H groups in total. The van der Waals surface area contributed by atoms with E-state index < -0.39 is 0 Å². The van der Waals surface area contributed by atoms with Gasteiger partial charge >= 0.3 is 0 Å². The van der Waals surface area contributed by atoms with Crippen molar-refractivity contribution in [1.82, 2.24) is 0 Å². The molecule has 0 aliphatic heterocycles. The predicted octanol–water partition coefficient (Wildman–Crippen LogP) is 2.05. The minimum absolute atomic E-state index is 0.119. The molecule has 0 spiro atoms. The third-order valence-electron chi connectivity index (χ3n) is 3.40. The van der Waals surface area contributed by atoms with Gasteiger partial charge in [-0.2, -0.15) is 0 Å². The minimum atomic E-state index is 0.119. The topological polar surface area (TPSA) is 38.3 Å². The SMILES string of the molecule is C[N+](C)=CCCC(C)(CON)C(C)(C)C. The zero-order chi connectivity index (χ0) is 12.1. The highest BCUT2D eigenvalue weighted by Gasteiger charge is 2.37. The van der Waals surface area contributed by atoms with Crippen LogP contribution in [0.25, 0.3) is 0 Å². The molecule has 0 saturated carbocycles. The number of nitrogens with two attached hydrogens (primary N) is 1. The molecule has 3 heteroatoms. The van der Waals surface area contributed by atoms with Gasteiger partial charge in [-0.05, 0) is 17.3 Å². The van der Waals surface area contributed by atoms with Crippen molar-refractivity contribution in [3.8, 4) is 0 Å². The predicted molar refractivity (Wildman–Crippen MR) is 65.1 cm³/mol. The Morgan fingerprint density at radius 1 is 1.20 bits per heavy atom. The lowest BCUT2D eigenvalue weighted by Gasteiger charge is -2.41. The Labute approximate surface area is 94.3 Å². The van der Waals surface area contributed by atoms with E-state index in [0.29, 0.717) is 6.61 Å². The Hall–Kier alpha value is -0.410. The number of hydrogen-bond donors (Lipinski definition) is 1. The van der Waals surface area contributed by atoms with Crippen LogP contribution < -0.4 is 5.90 Å². The van der Waals surface area contributed by atoms with Gasteiger partial charge in [0.2, 0.25) is 0 Å². The van der Waals surface area contributed by atoms with Crippen LogP contribution in [0.2, 0.25) is 0 Å². The fourth-order valence-corrected chi connectivity index (χ4v) is 1.49. The normalized spacial score (nSPS) is 15.9. The van der Waals surface area contributed by atoms with Gasteiger partial charge in [0.15, 0.2) is 0 Å². The summed E-state index contributed by atoms with van der Waals surface area (Å²) in [7, 11) is 4.10. The highest BCUT2D eigenvalue weighted by atomic mass is 16.6. The molecule has 0 bridgehead atoms. The van der Waals surface area contributed by atoms with Crippen LogP contribution in [0.4, 0.5) is 0 Å². The summed E-state index contributed by atoms with van der Waals surface area (Å²) in [6.45, 7) is 9.56. The molecule has 0 saturated heterocycles. The van der Waals surface area contributed by atoms with E-state index in [1.165, 1.54) is 0 Å². The van der Waals surface area contributed by atoms with Crippen LogP contribution in [0.1, 0.15) is 40.5 Å². The molecule has 15 heavy (non-hydrogen) atoms. The van der Waals surface area contributed by atoms with Crippen LogP contribution in [0.15, 0.2) is 0 Å². The molecule has 0 aliphatic carbocycles. The fraction of sp³-hybridized carbons (Fsp3) is 0.917. The maximum atomic E-state index is 5.22. The van der Waals surface area contributed by atoms with Gasteiger partial charge in [0.05, 0.1) is 6.61 Å². The second-order valence-electron chi connectivity index (χ2n) is 5.81. The van der Waals surface area contributed by atoms with Crippen molar-refractivity contribution in [1.29, 1.82) is 0 Å². The average Bonchev–Trinajstić information content (AvgIpc) is 2.01. The molecule has 0 rings (SSSR count). The molecular formula is C12H27N2O+. The van der Waals surface area contributed by atoms with Crippen LogP contribution >= 0.6 is 0 Å². The van der Waals surface area contributed by atoms with Gasteiger partial charge in [0, 0.05) is 6.42 Å². The maximum absolute atomic E-state index is 5.22. The Morgan fingerprint density at radius 2 is 1.73 bits per heavy atom. The first kappa shape index (κ1) is 14.6. The molecule has 0 aromatic rings. The molecular weight excluding hydrogens is 188 g/mol. The highest BCUT2D eigenvalue weighted by Crippen LogP contribution is 2.41. The van der Waals surface area contributed by atoms with Crippen LogP contribution in [0.5, 0.6) is 0 Å². The smallest absolute Gasteiger partial charge is 0.139 e. The first-order valence-corrected chi connectivity index (χ1v) is 5.54. The van der Waals surface area contributed by atoms with Gasteiger partial charge in [-0.25, -0.2) is 10.5 Å². The first-order valence-electron chi connectivity index (χ1n) is 5.54. The third-order valence-corrected chi connectivity index (χ3v) is 3.40. The van der Waals surface area contributed by atoms with Gasteiger partial charge in [-0.15, -0.1) is 0 Å². The van der Waals surface area contributed by atoms with E-state index in [2.05, 4.69) is 38.5 Å². The van der Waals surface area contributed by atoms with E-state index >= 15 is 0 Å². The zero-order valence-corrected chi connectivity index (χ0v) is 11.1. The Bertz CT molecular complexity index is 214. The first-order chi connectivity index (χ1) is 6.73. The Balaban J connectivity index is 4.46. The zero-order valence-electron chi connectivity index (χ0n) is 11.1. The summed E-state index contributed by atoms with van der Waals surface area (Å²) in [6, 6.07) is 0. The second-order valence-corrected chi connectivity index (χ2v) is 5.81.